The second-order valence-corrected chi connectivity index (χ2v) is 10.7. The van der Waals surface area contributed by atoms with Crippen molar-refractivity contribution in [2.24, 2.45) is 5.73 Å². The Labute approximate surface area is 239 Å². The van der Waals surface area contributed by atoms with Gasteiger partial charge in [-0.15, -0.1) is 0 Å². The van der Waals surface area contributed by atoms with E-state index in [1.54, 1.807) is 7.11 Å². The van der Waals surface area contributed by atoms with Crippen LogP contribution in [0.4, 0.5) is 17.6 Å². The van der Waals surface area contributed by atoms with Gasteiger partial charge in [0.15, 0.2) is 17.2 Å². The topological polar surface area (TPSA) is 82.8 Å². The monoisotopic (exact) mass is 592 g/mol. The lowest BCUT2D eigenvalue weighted by atomic mass is 9.84. The lowest BCUT2D eigenvalue weighted by molar-refractivity contribution is -0.0521. The van der Waals surface area contributed by atoms with Crippen LogP contribution in [0.3, 0.4) is 0 Å². The SMILES string of the molecule is COC1CCC(NC[C@@]2(c3ccccc3)Cc3c(cc(F)c(Cl)c3-c3c(C(N)=O)ccc(OC(F)F)c3F)O2)CC1. The molecule has 0 aromatic heterocycles. The predicted molar refractivity (Wildman–Crippen MR) is 145 cm³/mol. The van der Waals surface area contributed by atoms with Gasteiger partial charge >= 0.3 is 6.61 Å². The minimum absolute atomic E-state index is 0.0886. The first-order chi connectivity index (χ1) is 19.6. The van der Waals surface area contributed by atoms with E-state index in [4.69, 9.17) is 26.8 Å². The first kappa shape index (κ1) is 29.2. The number of carbonyl (C=O) groups is 1. The summed E-state index contributed by atoms with van der Waals surface area (Å²) in [4.78, 5) is 12.3. The van der Waals surface area contributed by atoms with E-state index < -0.39 is 46.1 Å². The van der Waals surface area contributed by atoms with Crippen molar-refractivity contribution in [1.82, 2.24) is 5.32 Å². The number of primary amides is 1. The second kappa shape index (κ2) is 11.9. The molecular formula is C30H29ClF4N2O4. The summed E-state index contributed by atoms with van der Waals surface area (Å²) in [5, 5.41) is 3.08. The molecule has 5 rings (SSSR count). The summed E-state index contributed by atoms with van der Waals surface area (Å²) in [6, 6.07) is 12.5. The number of fused-ring (bicyclic) bond motifs is 1. The van der Waals surface area contributed by atoms with Crippen molar-refractivity contribution in [2.45, 2.75) is 56.5 Å². The van der Waals surface area contributed by atoms with Crippen LogP contribution >= 0.6 is 11.6 Å². The van der Waals surface area contributed by atoms with Gasteiger partial charge in [-0.2, -0.15) is 8.78 Å². The zero-order valence-corrected chi connectivity index (χ0v) is 22.9. The van der Waals surface area contributed by atoms with Crippen molar-refractivity contribution in [1.29, 1.82) is 0 Å². The van der Waals surface area contributed by atoms with Gasteiger partial charge in [-0.3, -0.25) is 4.79 Å². The highest BCUT2D eigenvalue weighted by Gasteiger charge is 2.44. The number of alkyl halides is 2. The fourth-order valence-corrected chi connectivity index (χ4v) is 6.07. The van der Waals surface area contributed by atoms with Crippen molar-refractivity contribution >= 4 is 17.5 Å². The third-order valence-electron chi connectivity index (χ3n) is 7.88. The molecule has 6 nitrogen and oxygen atoms in total. The maximum Gasteiger partial charge on any atom is 0.387 e. The Bertz CT molecular complexity index is 1430. The van der Waals surface area contributed by atoms with Gasteiger partial charge in [-0.25, -0.2) is 8.78 Å². The van der Waals surface area contributed by atoms with Crippen LogP contribution in [0.2, 0.25) is 5.02 Å². The Morgan fingerprint density at radius 3 is 2.46 bits per heavy atom. The van der Waals surface area contributed by atoms with E-state index in [2.05, 4.69) is 10.1 Å². The van der Waals surface area contributed by atoms with Crippen molar-refractivity contribution in [2.75, 3.05) is 13.7 Å². The van der Waals surface area contributed by atoms with Crippen LogP contribution in [0, 0.1) is 11.6 Å². The van der Waals surface area contributed by atoms with Gasteiger partial charge in [0.05, 0.1) is 16.7 Å². The second-order valence-electron chi connectivity index (χ2n) is 10.3. The van der Waals surface area contributed by atoms with Crippen LogP contribution in [0.25, 0.3) is 11.1 Å². The number of amides is 1. The number of nitrogens with one attached hydrogen (secondary N) is 1. The molecule has 0 spiro atoms. The fraction of sp³-hybridized carbons (Fsp3) is 0.367. The molecule has 0 saturated heterocycles. The summed E-state index contributed by atoms with van der Waals surface area (Å²) in [5.74, 6) is -4.06. The molecular weight excluding hydrogens is 564 g/mol. The highest BCUT2D eigenvalue weighted by molar-refractivity contribution is 6.34. The zero-order chi connectivity index (χ0) is 29.3. The molecule has 0 radical (unpaired) electrons. The fourth-order valence-electron chi connectivity index (χ4n) is 5.81. The number of ether oxygens (including phenoxy) is 3. The Hall–Kier alpha value is -3.34. The number of nitrogens with two attached hydrogens (primary N) is 1. The lowest BCUT2D eigenvalue weighted by Crippen LogP contribution is -2.47. The van der Waals surface area contributed by atoms with Crippen molar-refractivity contribution < 1.29 is 36.6 Å². The van der Waals surface area contributed by atoms with E-state index in [0.29, 0.717) is 12.1 Å². The molecule has 3 aromatic rings. The van der Waals surface area contributed by atoms with Gasteiger partial charge in [0.25, 0.3) is 0 Å². The van der Waals surface area contributed by atoms with Crippen molar-refractivity contribution in [3.05, 3.63) is 81.9 Å². The molecule has 1 amide bonds. The van der Waals surface area contributed by atoms with E-state index in [1.807, 2.05) is 30.3 Å². The maximum absolute atomic E-state index is 15.8. The van der Waals surface area contributed by atoms with Gasteiger partial charge in [0, 0.05) is 48.9 Å². The van der Waals surface area contributed by atoms with Gasteiger partial charge in [0.2, 0.25) is 5.91 Å². The molecule has 1 atom stereocenters. The minimum atomic E-state index is -3.34. The molecule has 0 unspecified atom stereocenters. The zero-order valence-electron chi connectivity index (χ0n) is 22.2. The molecule has 218 valence electrons. The third kappa shape index (κ3) is 5.73. The van der Waals surface area contributed by atoms with Gasteiger partial charge < -0.3 is 25.3 Å². The van der Waals surface area contributed by atoms with Crippen LogP contribution in [0.5, 0.6) is 11.5 Å². The number of benzene rings is 3. The first-order valence-corrected chi connectivity index (χ1v) is 13.6. The van der Waals surface area contributed by atoms with Crippen molar-refractivity contribution in [3.63, 3.8) is 0 Å². The van der Waals surface area contributed by atoms with Crippen LogP contribution in [0.1, 0.15) is 47.2 Å². The molecule has 1 aliphatic carbocycles. The Morgan fingerprint density at radius 1 is 1.12 bits per heavy atom. The molecule has 3 aromatic carbocycles. The molecule has 3 N–H and O–H groups in total. The number of hydrogen-bond acceptors (Lipinski definition) is 5. The normalized spacial score (nSPS) is 21.9. The Kier molecular flexibility index (Phi) is 8.45. The molecule has 1 aliphatic heterocycles. The highest BCUT2D eigenvalue weighted by atomic mass is 35.5. The number of hydrogen-bond donors (Lipinski definition) is 2. The number of methoxy groups -OCH3 is 1. The minimum Gasteiger partial charge on any atom is -0.480 e. The maximum atomic E-state index is 15.8. The Morgan fingerprint density at radius 2 is 1.83 bits per heavy atom. The predicted octanol–water partition coefficient (Wildman–Crippen LogP) is 6.36. The summed E-state index contributed by atoms with van der Waals surface area (Å²) in [5.41, 5.74) is 4.45. The van der Waals surface area contributed by atoms with Gasteiger partial charge in [-0.05, 0) is 43.4 Å². The largest absolute Gasteiger partial charge is 0.480 e. The summed E-state index contributed by atoms with van der Waals surface area (Å²) in [6.07, 6.45) is 3.93. The molecule has 41 heavy (non-hydrogen) atoms. The van der Waals surface area contributed by atoms with Gasteiger partial charge in [-0.1, -0.05) is 41.9 Å². The van der Waals surface area contributed by atoms with E-state index in [0.717, 1.165) is 49.4 Å². The van der Waals surface area contributed by atoms with Crippen LogP contribution in [-0.2, 0) is 16.8 Å². The summed E-state index contributed by atoms with van der Waals surface area (Å²) in [7, 11) is 1.70. The first-order valence-electron chi connectivity index (χ1n) is 13.2. The standard InChI is InChI=1S/C30H29ClF4N2O4/c1-39-18-9-7-17(8-10-18)37-15-30(16-5-3-2-4-6-16)14-20-23(41-30)13-21(32)26(31)24(20)25-19(28(36)38)11-12-22(27(25)33)40-29(34)35/h2-6,11-13,17-18,29,37H,7-10,14-15H2,1H3,(H2,36,38)/t17?,18?,30-/m1/s1. The highest BCUT2D eigenvalue weighted by Crippen LogP contribution is 2.50. The quantitative estimate of drug-likeness (QED) is 0.283. The van der Waals surface area contributed by atoms with Crippen molar-refractivity contribution in [3.8, 4) is 22.6 Å². The third-order valence-corrected chi connectivity index (χ3v) is 8.25. The van der Waals surface area contributed by atoms with Crippen LogP contribution in [-0.4, -0.2) is 38.3 Å². The van der Waals surface area contributed by atoms with E-state index in [9.17, 15) is 13.6 Å². The molecule has 1 heterocycles. The summed E-state index contributed by atoms with van der Waals surface area (Å²) < 4.78 is 73.4. The number of carbonyl (C=O) groups excluding carboxylic acids is 1. The van der Waals surface area contributed by atoms with Crippen LogP contribution < -0.4 is 20.5 Å². The number of halogens is 5. The molecule has 1 fully saturated rings. The molecule has 11 heteroatoms. The molecule has 1 saturated carbocycles. The lowest BCUT2D eigenvalue weighted by Gasteiger charge is -2.34. The summed E-state index contributed by atoms with van der Waals surface area (Å²) in [6.45, 7) is -3.02. The van der Waals surface area contributed by atoms with E-state index in [-0.39, 0.29) is 35.4 Å². The molecule has 0 bridgehead atoms. The van der Waals surface area contributed by atoms with E-state index in [1.165, 1.54) is 0 Å². The molecule has 2 aliphatic rings. The summed E-state index contributed by atoms with van der Waals surface area (Å²) >= 11 is 6.42. The Balaban J connectivity index is 1.60. The van der Waals surface area contributed by atoms with Gasteiger partial charge in [0.1, 0.15) is 11.6 Å². The van der Waals surface area contributed by atoms with E-state index >= 15 is 8.78 Å². The average Bonchev–Trinajstić information content (AvgIpc) is 3.33. The number of rotatable bonds is 9. The smallest absolute Gasteiger partial charge is 0.387 e. The van der Waals surface area contributed by atoms with Crippen LogP contribution in [0.15, 0.2) is 48.5 Å². The average molecular weight is 593 g/mol.